The number of aryl methyl sites for hydroxylation is 1. The minimum Gasteiger partial charge on any atom is -0.487 e. The molecule has 1 saturated carbocycles. The zero-order valence-corrected chi connectivity index (χ0v) is 15.6. The lowest BCUT2D eigenvalue weighted by Gasteiger charge is -2.22. The average Bonchev–Trinajstić information content (AvgIpc) is 3.40. The average molecular weight is 392 g/mol. The number of ether oxygens (including phenoxy) is 1. The van der Waals surface area contributed by atoms with E-state index in [9.17, 15) is 13.2 Å². The van der Waals surface area contributed by atoms with Gasteiger partial charge >= 0.3 is 0 Å². The number of fused-ring (bicyclic) bond motifs is 1. The number of hydrogen-bond acceptors (Lipinski definition) is 4. The molecule has 4 rings (SSSR count). The van der Waals surface area contributed by atoms with Crippen molar-refractivity contribution in [3.05, 3.63) is 59.4 Å². The van der Waals surface area contributed by atoms with Crippen molar-refractivity contribution in [3.63, 3.8) is 0 Å². The van der Waals surface area contributed by atoms with E-state index < -0.39 is 17.5 Å². The van der Waals surface area contributed by atoms with E-state index in [-0.39, 0.29) is 34.2 Å². The number of anilines is 3. The van der Waals surface area contributed by atoms with Crippen LogP contribution < -0.4 is 14.8 Å². The maximum atomic E-state index is 14.6. The Kier molecular flexibility index (Phi) is 4.72. The Morgan fingerprint density at radius 3 is 2.67 bits per heavy atom. The molecule has 0 aromatic heterocycles. The van der Waals surface area contributed by atoms with Gasteiger partial charge in [-0.1, -0.05) is 18.2 Å². The Bertz CT molecular complexity index is 913. The molecule has 0 atom stereocenters. The fourth-order valence-corrected chi connectivity index (χ4v) is 3.95. The Morgan fingerprint density at radius 2 is 1.93 bits per heavy atom. The predicted molar refractivity (Wildman–Crippen MR) is 103 cm³/mol. The lowest BCUT2D eigenvalue weighted by atomic mass is 10.2. The monoisotopic (exact) mass is 392 g/mol. The molecule has 0 amide bonds. The van der Waals surface area contributed by atoms with Crippen molar-refractivity contribution in [1.82, 2.24) is 0 Å². The van der Waals surface area contributed by atoms with Gasteiger partial charge in [0.1, 0.15) is 29.5 Å². The summed E-state index contributed by atoms with van der Waals surface area (Å²) in [7, 11) is 0. The van der Waals surface area contributed by atoms with Crippen LogP contribution in [0.15, 0.2) is 36.4 Å². The van der Waals surface area contributed by atoms with Crippen molar-refractivity contribution in [2.24, 2.45) is 0 Å². The zero-order valence-electron chi connectivity index (χ0n) is 14.7. The van der Waals surface area contributed by atoms with Gasteiger partial charge in [0.25, 0.3) is 0 Å². The summed E-state index contributed by atoms with van der Waals surface area (Å²) in [4.78, 5) is 0. The molecule has 1 fully saturated rings. The summed E-state index contributed by atoms with van der Waals surface area (Å²) in [5, 5.41) is 2.70. The van der Waals surface area contributed by atoms with E-state index in [0.29, 0.717) is 0 Å². The van der Waals surface area contributed by atoms with Crippen LogP contribution >= 0.6 is 11.9 Å². The molecule has 2 aromatic carbocycles. The van der Waals surface area contributed by atoms with Crippen LogP contribution in [0.2, 0.25) is 0 Å². The topological polar surface area (TPSA) is 33.3 Å². The van der Waals surface area contributed by atoms with Crippen molar-refractivity contribution in [1.29, 1.82) is 0 Å². The highest BCUT2D eigenvalue weighted by molar-refractivity contribution is 8.02. The summed E-state index contributed by atoms with van der Waals surface area (Å²) >= 11 is 1.47. The van der Waals surface area contributed by atoms with Crippen molar-refractivity contribution < 1.29 is 17.9 Å². The Balaban J connectivity index is 1.76. The fourth-order valence-electron chi connectivity index (χ4n) is 2.94. The summed E-state index contributed by atoms with van der Waals surface area (Å²) in [6.07, 6.45) is 6.90. The second kappa shape index (κ2) is 7.03. The summed E-state index contributed by atoms with van der Waals surface area (Å²) in [6.45, 7) is 2.01. The zero-order chi connectivity index (χ0) is 19.0. The standard InChI is InChI=1S/C20H19F3N2OS/c1-12-4-5-15(13(21)10-12)24-19-17(23)14(22)11-16-18(19)25-27-20(7-8-20)6-2-3-9-26-16/h2-5,10-11,24-25H,6-9H2,1H3/b3-2+. The van der Waals surface area contributed by atoms with Crippen LogP contribution in [0.4, 0.5) is 30.2 Å². The van der Waals surface area contributed by atoms with Crippen molar-refractivity contribution in [2.45, 2.75) is 30.9 Å². The van der Waals surface area contributed by atoms with Gasteiger partial charge in [0.15, 0.2) is 11.6 Å². The minimum absolute atomic E-state index is 0.0579. The molecule has 1 aliphatic heterocycles. The van der Waals surface area contributed by atoms with E-state index in [4.69, 9.17) is 4.74 Å². The van der Waals surface area contributed by atoms with Crippen LogP contribution in [0.25, 0.3) is 0 Å². The first-order chi connectivity index (χ1) is 13.0. The highest BCUT2D eigenvalue weighted by Gasteiger charge is 2.43. The molecule has 2 N–H and O–H groups in total. The second-order valence-corrected chi connectivity index (χ2v) is 8.18. The molecule has 27 heavy (non-hydrogen) atoms. The van der Waals surface area contributed by atoms with E-state index in [1.54, 1.807) is 13.0 Å². The van der Waals surface area contributed by atoms with Gasteiger partial charge in [-0.2, -0.15) is 0 Å². The van der Waals surface area contributed by atoms with E-state index in [2.05, 4.69) is 10.0 Å². The lowest BCUT2D eigenvalue weighted by Crippen LogP contribution is -2.11. The number of halogens is 3. The van der Waals surface area contributed by atoms with Crippen LogP contribution in [-0.4, -0.2) is 11.4 Å². The van der Waals surface area contributed by atoms with E-state index in [1.165, 1.54) is 24.1 Å². The van der Waals surface area contributed by atoms with Gasteiger partial charge in [-0.3, -0.25) is 0 Å². The van der Waals surface area contributed by atoms with Gasteiger partial charge in [0.2, 0.25) is 0 Å². The van der Waals surface area contributed by atoms with E-state index in [0.717, 1.165) is 30.9 Å². The van der Waals surface area contributed by atoms with Gasteiger partial charge < -0.3 is 14.8 Å². The molecular formula is C20H19F3N2OS. The SMILES string of the molecule is Cc1ccc(Nc2c(F)c(F)cc3c2NSC2(C/C=C/CO3)CC2)c(F)c1. The highest BCUT2D eigenvalue weighted by Crippen LogP contribution is 2.53. The largest absolute Gasteiger partial charge is 0.487 e. The third-order valence-corrected chi connectivity index (χ3v) is 6.05. The predicted octanol–water partition coefficient (Wildman–Crippen LogP) is 6.09. The third-order valence-electron chi connectivity index (χ3n) is 4.74. The Hall–Kier alpha value is -2.28. The summed E-state index contributed by atoms with van der Waals surface area (Å²) in [5.74, 6) is -2.50. The summed E-state index contributed by atoms with van der Waals surface area (Å²) in [6, 6.07) is 5.55. The van der Waals surface area contributed by atoms with Crippen LogP contribution in [0.5, 0.6) is 5.75 Å². The Morgan fingerprint density at radius 1 is 1.11 bits per heavy atom. The lowest BCUT2D eigenvalue weighted by molar-refractivity contribution is 0.360. The number of rotatable bonds is 2. The summed E-state index contributed by atoms with van der Waals surface area (Å²) < 4.78 is 51.9. The number of hydrogen-bond donors (Lipinski definition) is 2. The van der Waals surface area contributed by atoms with Crippen molar-refractivity contribution in [3.8, 4) is 5.75 Å². The van der Waals surface area contributed by atoms with Crippen LogP contribution in [-0.2, 0) is 0 Å². The molecule has 0 saturated heterocycles. The number of nitrogens with one attached hydrogen (secondary N) is 2. The quantitative estimate of drug-likeness (QED) is 0.479. The molecule has 7 heteroatoms. The first kappa shape index (κ1) is 18.1. The van der Waals surface area contributed by atoms with Gasteiger partial charge in [0, 0.05) is 10.8 Å². The smallest absolute Gasteiger partial charge is 0.184 e. The second-order valence-electron chi connectivity index (χ2n) is 6.90. The molecule has 0 bridgehead atoms. The molecule has 2 aliphatic rings. The number of allylic oxidation sites excluding steroid dienone is 1. The van der Waals surface area contributed by atoms with Gasteiger partial charge in [-0.25, -0.2) is 13.2 Å². The number of benzene rings is 2. The Labute approximate surface area is 160 Å². The normalized spacial score (nSPS) is 18.8. The van der Waals surface area contributed by atoms with Crippen LogP contribution in [0.3, 0.4) is 0 Å². The first-order valence-corrected chi connectivity index (χ1v) is 9.56. The molecule has 0 unspecified atom stereocenters. The highest BCUT2D eigenvalue weighted by atomic mass is 32.2. The fraction of sp³-hybridized carbons (Fsp3) is 0.300. The molecule has 1 heterocycles. The molecule has 1 aliphatic carbocycles. The van der Waals surface area contributed by atoms with Gasteiger partial charge in [-0.05, 0) is 55.8 Å². The minimum atomic E-state index is -1.08. The molecule has 3 nitrogen and oxygen atoms in total. The molecular weight excluding hydrogens is 373 g/mol. The van der Waals surface area contributed by atoms with Gasteiger partial charge in [0.05, 0.1) is 5.69 Å². The molecule has 1 spiro atoms. The van der Waals surface area contributed by atoms with Crippen LogP contribution in [0, 0.1) is 24.4 Å². The van der Waals surface area contributed by atoms with Crippen LogP contribution in [0.1, 0.15) is 24.8 Å². The molecule has 142 valence electrons. The van der Waals surface area contributed by atoms with E-state index >= 15 is 0 Å². The molecule has 2 aromatic rings. The molecule has 0 radical (unpaired) electrons. The first-order valence-electron chi connectivity index (χ1n) is 8.74. The summed E-state index contributed by atoms with van der Waals surface area (Å²) in [5.41, 5.74) is 0.915. The van der Waals surface area contributed by atoms with Gasteiger partial charge in [-0.15, -0.1) is 0 Å². The third kappa shape index (κ3) is 3.74. The maximum absolute atomic E-state index is 14.6. The van der Waals surface area contributed by atoms with Crippen molar-refractivity contribution in [2.75, 3.05) is 16.6 Å². The van der Waals surface area contributed by atoms with Crippen molar-refractivity contribution >= 4 is 29.0 Å². The maximum Gasteiger partial charge on any atom is 0.184 e. The van der Waals surface area contributed by atoms with E-state index in [1.807, 2.05) is 12.2 Å².